The molecular formula is C13H16ClNO2. The monoisotopic (exact) mass is 253 g/mol. The van der Waals surface area contributed by atoms with E-state index < -0.39 is 0 Å². The summed E-state index contributed by atoms with van der Waals surface area (Å²) in [5.41, 5.74) is 0.298. The first-order valence-corrected chi connectivity index (χ1v) is 6.23. The van der Waals surface area contributed by atoms with Crippen LogP contribution in [0.4, 0.5) is 0 Å². The minimum Gasteiger partial charge on any atom is -0.507 e. The summed E-state index contributed by atoms with van der Waals surface area (Å²) < 4.78 is 0. The largest absolute Gasteiger partial charge is 0.507 e. The lowest BCUT2D eigenvalue weighted by Crippen LogP contribution is -2.37. The van der Waals surface area contributed by atoms with Gasteiger partial charge in [0.05, 0.1) is 5.56 Å². The number of rotatable bonds is 1. The molecule has 4 heteroatoms. The van der Waals surface area contributed by atoms with Crippen molar-refractivity contribution in [3.05, 3.63) is 28.8 Å². The van der Waals surface area contributed by atoms with Crippen LogP contribution in [-0.4, -0.2) is 29.0 Å². The van der Waals surface area contributed by atoms with Crippen molar-refractivity contribution >= 4 is 17.5 Å². The first-order chi connectivity index (χ1) is 8.08. The number of hydrogen-bond acceptors (Lipinski definition) is 2. The zero-order chi connectivity index (χ0) is 12.4. The molecule has 1 aliphatic rings. The highest BCUT2D eigenvalue weighted by molar-refractivity contribution is 6.31. The molecule has 0 atom stereocenters. The van der Waals surface area contributed by atoms with Crippen molar-refractivity contribution in [2.75, 3.05) is 13.1 Å². The number of carbonyl (C=O) groups is 1. The second-order valence-electron chi connectivity index (χ2n) is 4.64. The molecule has 0 radical (unpaired) electrons. The number of phenols is 1. The number of hydrogen-bond donors (Lipinski definition) is 1. The van der Waals surface area contributed by atoms with Crippen molar-refractivity contribution in [2.24, 2.45) is 5.92 Å². The Balaban J connectivity index is 2.16. The van der Waals surface area contributed by atoms with Crippen molar-refractivity contribution in [1.29, 1.82) is 0 Å². The first-order valence-electron chi connectivity index (χ1n) is 5.85. The summed E-state index contributed by atoms with van der Waals surface area (Å²) in [7, 11) is 0. The van der Waals surface area contributed by atoms with Gasteiger partial charge in [-0.15, -0.1) is 0 Å². The van der Waals surface area contributed by atoms with Gasteiger partial charge in [-0.3, -0.25) is 4.79 Å². The second kappa shape index (κ2) is 4.96. The van der Waals surface area contributed by atoms with Gasteiger partial charge in [0.25, 0.3) is 5.91 Å². The maximum atomic E-state index is 12.2. The molecule has 1 fully saturated rings. The molecular weight excluding hydrogens is 238 g/mol. The average molecular weight is 254 g/mol. The molecule has 0 spiro atoms. The fourth-order valence-corrected chi connectivity index (χ4v) is 2.23. The van der Waals surface area contributed by atoms with Crippen molar-refractivity contribution in [2.45, 2.75) is 19.8 Å². The van der Waals surface area contributed by atoms with E-state index in [-0.39, 0.29) is 11.7 Å². The normalized spacial score (nSPS) is 17.2. The van der Waals surface area contributed by atoms with Crippen LogP contribution in [0.1, 0.15) is 30.1 Å². The molecule has 2 rings (SSSR count). The summed E-state index contributed by atoms with van der Waals surface area (Å²) in [5.74, 6) is 0.543. The van der Waals surface area contributed by atoms with Crippen LogP contribution in [0.15, 0.2) is 18.2 Å². The number of phenolic OH excluding ortho intramolecular Hbond substituents is 1. The summed E-state index contributed by atoms with van der Waals surface area (Å²) in [6.07, 6.45) is 2.04. The molecule has 1 amide bonds. The number of halogens is 1. The van der Waals surface area contributed by atoms with Crippen LogP contribution in [0.2, 0.25) is 5.02 Å². The number of likely N-dealkylation sites (tertiary alicyclic amines) is 1. The van der Waals surface area contributed by atoms with Gasteiger partial charge >= 0.3 is 0 Å². The lowest BCUT2D eigenvalue weighted by Gasteiger charge is -2.30. The van der Waals surface area contributed by atoms with E-state index in [0.29, 0.717) is 16.5 Å². The zero-order valence-electron chi connectivity index (χ0n) is 9.82. The van der Waals surface area contributed by atoms with E-state index in [2.05, 4.69) is 6.92 Å². The fraction of sp³-hybridized carbons (Fsp3) is 0.462. The number of carbonyl (C=O) groups excluding carboxylic acids is 1. The molecule has 1 aromatic carbocycles. The Morgan fingerprint density at radius 3 is 2.71 bits per heavy atom. The smallest absolute Gasteiger partial charge is 0.257 e. The summed E-state index contributed by atoms with van der Waals surface area (Å²) in [4.78, 5) is 14.0. The quantitative estimate of drug-likeness (QED) is 0.836. The lowest BCUT2D eigenvalue weighted by atomic mass is 9.98. The van der Waals surface area contributed by atoms with Gasteiger partial charge in [-0.25, -0.2) is 0 Å². The molecule has 1 aromatic rings. The number of nitrogens with zero attached hydrogens (tertiary/aromatic N) is 1. The van der Waals surface area contributed by atoms with E-state index in [4.69, 9.17) is 11.6 Å². The molecule has 0 bridgehead atoms. The highest BCUT2D eigenvalue weighted by Gasteiger charge is 2.23. The third kappa shape index (κ3) is 2.72. The van der Waals surface area contributed by atoms with Gasteiger partial charge in [0, 0.05) is 18.1 Å². The van der Waals surface area contributed by atoms with Crippen LogP contribution in [0.5, 0.6) is 5.75 Å². The highest BCUT2D eigenvalue weighted by Crippen LogP contribution is 2.25. The Kier molecular flexibility index (Phi) is 3.57. The standard InChI is InChI=1S/C13H16ClNO2/c1-9-4-6-15(7-5-9)13(17)11-8-10(14)2-3-12(11)16/h2-3,8-9,16H,4-7H2,1H3. The summed E-state index contributed by atoms with van der Waals surface area (Å²) >= 11 is 5.84. The first kappa shape index (κ1) is 12.2. The molecule has 0 unspecified atom stereocenters. The fourth-order valence-electron chi connectivity index (χ4n) is 2.06. The molecule has 0 saturated carbocycles. The molecule has 0 aromatic heterocycles. The Labute approximate surface area is 106 Å². The predicted octanol–water partition coefficient (Wildman–Crippen LogP) is 2.92. The summed E-state index contributed by atoms with van der Waals surface area (Å²) in [6, 6.07) is 4.56. The number of amides is 1. The van der Waals surface area contributed by atoms with Crippen LogP contribution in [0.25, 0.3) is 0 Å². The highest BCUT2D eigenvalue weighted by atomic mass is 35.5. The molecule has 17 heavy (non-hydrogen) atoms. The molecule has 3 nitrogen and oxygen atoms in total. The topological polar surface area (TPSA) is 40.5 Å². The average Bonchev–Trinajstić information content (AvgIpc) is 2.32. The Morgan fingerprint density at radius 2 is 2.06 bits per heavy atom. The molecule has 1 N–H and O–H groups in total. The van der Waals surface area contributed by atoms with Crippen LogP contribution < -0.4 is 0 Å². The molecule has 1 saturated heterocycles. The van der Waals surface area contributed by atoms with Gasteiger partial charge < -0.3 is 10.0 Å². The van der Waals surface area contributed by atoms with Crippen molar-refractivity contribution in [3.8, 4) is 5.75 Å². The van der Waals surface area contributed by atoms with E-state index in [1.165, 1.54) is 12.1 Å². The van der Waals surface area contributed by atoms with Gasteiger partial charge in [0.15, 0.2) is 0 Å². The number of piperidine rings is 1. The SMILES string of the molecule is CC1CCN(C(=O)c2cc(Cl)ccc2O)CC1. The van der Waals surface area contributed by atoms with E-state index in [1.807, 2.05) is 0 Å². The third-order valence-electron chi connectivity index (χ3n) is 3.26. The van der Waals surface area contributed by atoms with Crippen molar-refractivity contribution in [1.82, 2.24) is 4.90 Å². The molecule has 1 aliphatic heterocycles. The van der Waals surface area contributed by atoms with Crippen LogP contribution in [0, 0.1) is 5.92 Å². The zero-order valence-corrected chi connectivity index (χ0v) is 10.6. The van der Waals surface area contributed by atoms with Crippen LogP contribution >= 0.6 is 11.6 Å². The van der Waals surface area contributed by atoms with Crippen molar-refractivity contribution < 1.29 is 9.90 Å². The van der Waals surface area contributed by atoms with Gasteiger partial charge in [-0.05, 0) is 37.0 Å². The number of benzene rings is 1. The van der Waals surface area contributed by atoms with Gasteiger partial charge in [0.1, 0.15) is 5.75 Å². The number of aromatic hydroxyl groups is 1. The van der Waals surface area contributed by atoms with E-state index in [9.17, 15) is 9.90 Å². The summed E-state index contributed by atoms with van der Waals surface area (Å²) in [5, 5.41) is 10.2. The molecule has 1 heterocycles. The summed E-state index contributed by atoms with van der Waals surface area (Å²) in [6.45, 7) is 3.70. The maximum Gasteiger partial charge on any atom is 0.257 e. The second-order valence-corrected chi connectivity index (χ2v) is 5.07. The van der Waals surface area contributed by atoms with Gasteiger partial charge in [-0.2, -0.15) is 0 Å². The minimum absolute atomic E-state index is 0.00183. The predicted molar refractivity (Wildman–Crippen MR) is 67.4 cm³/mol. The van der Waals surface area contributed by atoms with Crippen LogP contribution in [-0.2, 0) is 0 Å². The maximum absolute atomic E-state index is 12.2. The van der Waals surface area contributed by atoms with Crippen LogP contribution in [0.3, 0.4) is 0 Å². The van der Waals surface area contributed by atoms with E-state index in [1.54, 1.807) is 11.0 Å². The van der Waals surface area contributed by atoms with Gasteiger partial charge in [0.2, 0.25) is 0 Å². The third-order valence-corrected chi connectivity index (χ3v) is 3.49. The Bertz CT molecular complexity index is 425. The Hall–Kier alpha value is -1.22. The molecule has 92 valence electrons. The Morgan fingerprint density at radius 1 is 1.41 bits per heavy atom. The van der Waals surface area contributed by atoms with E-state index in [0.717, 1.165) is 25.9 Å². The van der Waals surface area contributed by atoms with E-state index >= 15 is 0 Å². The van der Waals surface area contributed by atoms with Gasteiger partial charge in [-0.1, -0.05) is 18.5 Å². The molecule has 0 aliphatic carbocycles. The minimum atomic E-state index is -0.128. The van der Waals surface area contributed by atoms with Crippen molar-refractivity contribution in [3.63, 3.8) is 0 Å². The lowest BCUT2D eigenvalue weighted by molar-refractivity contribution is 0.0694.